The second-order valence-corrected chi connectivity index (χ2v) is 3.35. The van der Waals surface area contributed by atoms with Crippen molar-refractivity contribution in [3.8, 4) is 11.8 Å². The minimum absolute atomic E-state index is 0.219. The maximum absolute atomic E-state index is 8.65. The van der Waals surface area contributed by atoms with E-state index < -0.39 is 5.84 Å². The van der Waals surface area contributed by atoms with E-state index >= 15 is 0 Å². The summed E-state index contributed by atoms with van der Waals surface area (Å²) in [5, 5.41) is 19.8. The van der Waals surface area contributed by atoms with Gasteiger partial charge in [-0.25, -0.2) is 0 Å². The highest BCUT2D eigenvalue weighted by Crippen LogP contribution is 2.26. The summed E-state index contributed by atoms with van der Waals surface area (Å²) in [6.07, 6.45) is 0. The Hall–Kier alpha value is -2.26. The van der Waals surface area contributed by atoms with Gasteiger partial charge in [0.25, 0.3) is 0 Å². The summed E-state index contributed by atoms with van der Waals surface area (Å²) in [6.45, 7) is 0. The Bertz CT molecular complexity index is 506. The lowest BCUT2D eigenvalue weighted by Crippen LogP contribution is -2.21. The Balaban J connectivity index is 2.96. The third kappa shape index (κ3) is 3.36. The number of nitrogens with two attached hydrogens (primary N) is 1. The Morgan fingerprint density at radius 3 is 2.88 bits per heavy atom. The molecule has 0 unspecified atom stereocenters. The molecule has 0 atom stereocenters. The summed E-state index contributed by atoms with van der Waals surface area (Å²) in [5.74, 6) is 0.174. The lowest BCUT2D eigenvalue weighted by atomic mass is 10.3. The van der Waals surface area contributed by atoms with E-state index in [4.69, 9.17) is 32.7 Å². The molecule has 0 saturated carbocycles. The molecule has 7 heteroatoms. The maximum Gasteiger partial charge on any atom is 0.201 e. The normalized spacial score (nSPS) is 10.5. The monoisotopic (exact) mass is 251 g/mol. The van der Waals surface area contributed by atoms with E-state index in [-0.39, 0.29) is 5.71 Å². The van der Waals surface area contributed by atoms with Gasteiger partial charge in [0.05, 0.1) is 17.8 Å². The first-order valence-electron chi connectivity index (χ1n) is 4.50. The highest BCUT2D eigenvalue weighted by atomic mass is 35.5. The van der Waals surface area contributed by atoms with Crippen LogP contribution in [0.2, 0.25) is 5.02 Å². The molecule has 0 aromatic heterocycles. The molecule has 88 valence electrons. The predicted molar refractivity (Wildman–Crippen MR) is 66.6 cm³/mol. The molecule has 4 N–H and O–H groups in total. The van der Waals surface area contributed by atoms with Crippen LogP contribution < -0.4 is 15.9 Å². The highest BCUT2D eigenvalue weighted by molar-refractivity contribution is 6.45. The van der Waals surface area contributed by atoms with Crippen molar-refractivity contribution in [1.82, 2.24) is 0 Å². The Morgan fingerprint density at radius 1 is 1.65 bits per heavy atom. The third-order valence-corrected chi connectivity index (χ3v) is 2.15. The molecule has 1 aromatic carbocycles. The first-order valence-corrected chi connectivity index (χ1v) is 4.88. The number of nitrogens with one attached hydrogen (secondary N) is 2. The Kier molecular flexibility index (Phi) is 4.31. The van der Waals surface area contributed by atoms with E-state index in [0.717, 1.165) is 0 Å². The van der Waals surface area contributed by atoms with E-state index in [2.05, 4.69) is 10.5 Å². The van der Waals surface area contributed by atoms with Crippen LogP contribution in [0.1, 0.15) is 0 Å². The second-order valence-electron chi connectivity index (χ2n) is 2.94. The smallest absolute Gasteiger partial charge is 0.201 e. The van der Waals surface area contributed by atoms with Crippen molar-refractivity contribution in [1.29, 1.82) is 10.7 Å². The Labute approximate surface area is 103 Å². The summed E-state index contributed by atoms with van der Waals surface area (Å²) in [6, 6.07) is 6.61. The zero-order valence-corrected chi connectivity index (χ0v) is 9.75. The number of benzene rings is 1. The van der Waals surface area contributed by atoms with Crippen LogP contribution in [0.15, 0.2) is 23.3 Å². The fourth-order valence-corrected chi connectivity index (χ4v) is 1.14. The minimum Gasteiger partial charge on any atom is -0.497 e. The van der Waals surface area contributed by atoms with Crippen LogP contribution in [-0.4, -0.2) is 18.7 Å². The van der Waals surface area contributed by atoms with Crippen LogP contribution in [0.5, 0.6) is 5.75 Å². The zero-order chi connectivity index (χ0) is 12.8. The van der Waals surface area contributed by atoms with Gasteiger partial charge in [-0.15, -0.1) is 0 Å². The number of hydrogen-bond donors (Lipinski definition) is 3. The highest BCUT2D eigenvalue weighted by Gasteiger charge is 2.04. The maximum atomic E-state index is 8.65. The molecule has 1 rings (SSSR count). The summed E-state index contributed by atoms with van der Waals surface area (Å²) < 4.78 is 5.01. The number of methoxy groups -OCH3 is 1. The molecule has 0 saturated heterocycles. The molecule has 0 aliphatic rings. The first-order chi connectivity index (χ1) is 8.08. The fraction of sp³-hybridized carbons (Fsp3) is 0.100. The molecular weight excluding hydrogens is 242 g/mol. The molecule has 0 radical (unpaired) electrons. The van der Waals surface area contributed by atoms with Crippen molar-refractivity contribution in [2.24, 2.45) is 10.8 Å². The number of nitrogens with zero attached hydrogens (tertiary/aromatic N) is 2. The lowest BCUT2D eigenvalue weighted by Gasteiger charge is -2.06. The van der Waals surface area contributed by atoms with Crippen molar-refractivity contribution in [2.45, 2.75) is 0 Å². The minimum atomic E-state index is -0.418. The number of ether oxygens (including phenoxy) is 1. The topological polar surface area (TPSA) is 107 Å². The van der Waals surface area contributed by atoms with E-state index in [0.29, 0.717) is 16.5 Å². The molecule has 6 nitrogen and oxygen atoms in total. The summed E-state index contributed by atoms with van der Waals surface area (Å²) in [7, 11) is 1.52. The number of amidine groups is 1. The lowest BCUT2D eigenvalue weighted by molar-refractivity contribution is 0.415. The quantitative estimate of drug-likeness (QED) is 0.429. The summed E-state index contributed by atoms with van der Waals surface area (Å²) in [4.78, 5) is 0. The van der Waals surface area contributed by atoms with Gasteiger partial charge in [0.2, 0.25) is 5.71 Å². The van der Waals surface area contributed by atoms with Crippen molar-refractivity contribution in [3.63, 3.8) is 0 Å². The average Bonchev–Trinajstić information content (AvgIpc) is 2.31. The van der Waals surface area contributed by atoms with E-state index in [1.54, 1.807) is 24.3 Å². The molecular formula is C10H10ClN5O. The molecule has 1 aromatic rings. The molecule has 17 heavy (non-hydrogen) atoms. The van der Waals surface area contributed by atoms with Crippen molar-refractivity contribution < 1.29 is 4.74 Å². The van der Waals surface area contributed by atoms with Crippen LogP contribution in [0, 0.1) is 16.7 Å². The molecule has 0 spiro atoms. The van der Waals surface area contributed by atoms with Gasteiger partial charge < -0.3 is 10.5 Å². The molecule has 0 aliphatic heterocycles. The first kappa shape index (κ1) is 12.8. The molecule has 0 bridgehead atoms. The van der Waals surface area contributed by atoms with Gasteiger partial charge in [0, 0.05) is 6.07 Å². The number of rotatable bonds is 4. The van der Waals surface area contributed by atoms with Crippen molar-refractivity contribution in [2.75, 3.05) is 12.5 Å². The van der Waals surface area contributed by atoms with Crippen molar-refractivity contribution >= 4 is 28.8 Å². The number of halogens is 1. The van der Waals surface area contributed by atoms with Gasteiger partial charge in [-0.2, -0.15) is 10.4 Å². The number of hydrogen-bond acceptors (Lipinski definition) is 5. The van der Waals surface area contributed by atoms with E-state index in [1.165, 1.54) is 7.11 Å². The number of anilines is 1. The van der Waals surface area contributed by atoms with Crippen LogP contribution in [0.3, 0.4) is 0 Å². The third-order valence-electron chi connectivity index (χ3n) is 1.82. The van der Waals surface area contributed by atoms with Gasteiger partial charge in [0.1, 0.15) is 11.8 Å². The van der Waals surface area contributed by atoms with Crippen LogP contribution in [-0.2, 0) is 0 Å². The SMILES string of the molecule is COc1ccc(Cl)c(N/N=C(\C#N)C(=N)N)c1. The van der Waals surface area contributed by atoms with Crippen LogP contribution >= 0.6 is 11.6 Å². The van der Waals surface area contributed by atoms with Gasteiger partial charge >= 0.3 is 0 Å². The molecule has 0 fully saturated rings. The fourth-order valence-electron chi connectivity index (χ4n) is 0.979. The molecule has 0 amide bonds. The van der Waals surface area contributed by atoms with E-state index in [1.807, 2.05) is 0 Å². The zero-order valence-electron chi connectivity index (χ0n) is 8.99. The number of hydrazone groups is 1. The van der Waals surface area contributed by atoms with E-state index in [9.17, 15) is 0 Å². The molecule has 0 heterocycles. The van der Waals surface area contributed by atoms with Gasteiger partial charge in [-0.05, 0) is 12.1 Å². The van der Waals surface area contributed by atoms with Gasteiger partial charge in [0.15, 0.2) is 5.84 Å². The van der Waals surface area contributed by atoms with Crippen LogP contribution in [0.4, 0.5) is 5.69 Å². The Morgan fingerprint density at radius 2 is 2.35 bits per heavy atom. The van der Waals surface area contributed by atoms with Crippen molar-refractivity contribution in [3.05, 3.63) is 23.2 Å². The standard InChI is InChI=1S/C10H10ClN5O/c1-17-6-2-3-7(11)8(4-6)15-16-9(5-12)10(13)14/h2-4,15H,1H3,(H3,13,14)/b16-9+. The second kappa shape index (κ2) is 5.72. The average molecular weight is 252 g/mol. The predicted octanol–water partition coefficient (Wildman–Crippen LogP) is 1.58. The van der Waals surface area contributed by atoms with Gasteiger partial charge in [-0.1, -0.05) is 11.6 Å². The van der Waals surface area contributed by atoms with Gasteiger partial charge in [-0.3, -0.25) is 10.8 Å². The summed E-state index contributed by atoms with van der Waals surface area (Å²) >= 11 is 5.90. The molecule has 0 aliphatic carbocycles. The number of nitriles is 1. The summed E-state index contributed by atoms with van der Waals surface area (Å²) in [5.41, 5.74) is 7.93. The largest absolute Gasteiger partial charge is 0.497 e. The van der Waals surface area contributed by atoms with Crippen LogP contribution in [0.25, 0.3) is 0 Å².